The van der Waals surface area contributed by atoms with Gasteiger partial charge >= 0.3 is 6.01 Å². The van der Waals surface area contributed by atoms with Gasteiger partial charge < -0.3 is 19.8 Å². The van der Waals surface area contributed by atoms with E-state index in [0.717, 1.165) is 0 Å². The molecule has 0 aliphatic rings. The summed E-state index contributed by atoms with van der Waals surface area (Å²) in [5, 5.41) is 13.2. The number of ether oxygens (including phenoxy) is 1. The van der Waals surface area contributed by atoms with Crippen molar-refractivity contribution in [2.45, 2.75) is 6.54 Å². The number of benzene rings is 1. The molecule has 1 heterocycles. The average Bonchev–Trinajstić information content (AvgIpc) is 2.94. The van der Waals surface area contributed by atoms with Gasteiger partial charge in [-0.1, -0.05) is 23.3 Å². The number of amides is 1. The van der Waals surface area contributed by atoms with Gasteiger partial charge in [0.05, 0.1) is 13.2 Å². The van der Waals surface area contributed by atoms with Gasteiger partial charge in [-0.2, -0.15) is 0 Å². The fourth-order valence-electron chi connectivity index (χ4n) is 1.50. The second-order valence-electron chi connectivity index (χ2n) is 3.97. The van der Waals surface area contributed by atoms with Crippen molar-refractivity contribution >= 4 is 11.9 Å². The number of aromatic nitrogens is 2. The molecular weight excluding hydrogens is 260 g/mol. The summed E-state index contributed by atoms with van der Waals surface area (Å²) in [5.74, 6) is 0.159. The molecule has 7 nitrogen and oxygen atoms in total. The molecule has 20 heavy (non-hydrogen) atoms. The molecule has 1 aromatic heterocycles. The summed E-state index contributed by atoms with van der Waals surface area (Å²) in [5.41, 5.74) is 0.588. The van der Waals surface area contributed by atoms with E-state index in [2.05, 4.69) is 20.8 Å². The standard InChI is InChI=1S/C13H16N4O3/c1-19-8-7-14-13-17-16-11(20-13)9-15-12(18)10-5-3-2-4-6-10/h2-6H,7-9H2,1H3,(H,14,17)(H,15,18). The number of hydrogen-bond donors (Lipinski definition) is 2. The number of hydrogen-bond acceptors (Lipinski definition) is 6. The van der Waals surface area contributed by atoms with Crippen LogP contribution in [0, 0.1) is 0 Å². The summed E-state index contributed by atoms with van der Waals surface area (Å²) in [6, 6.07) is 9.25. The Bertz CT molecular complexity index is 542. The SMILES string of the molecule is COCCNc1nnc(CNC(=O)c2ccccc2)o1. The van der Waals surface area contributed by atoms with Crippen LogP contribution in [0.15, 0.2) is 34.7 Å². The number of rotatable bonds is 7. The molecule has 106 valence electrons. The van der Waals surface area contributed by atoms with Gasteiger partial charge in [0.25, 0.3) is 5.91 Å². The Morgan fingerprint density at radius 2 is 2.10 bits per heavy atom. The zero-order valence-corrected chi connectivity index (χ0v) is 11.1. The monoisotopic (exact) mass is 276 g/mol. The summed E-state index contributed by atoms with van der Waals surface area (Å²) in [6.45, 7) is 1.31. The predicted molar refractivity (Wildman–Crippen MR) is 72.3 cm³/mol. The smallest absolute Gasteiger partial charge is 0.315 e. The van der Waals surface area contributed by atoms with Gasteiger partial charge in [0.2, 0.25) is 5.89 Å². The second kappa shape index (κ2) is 7.25. The summed E-state index contributed by atoms with van der Waals surface area (Å²) in [4.78, 5) is 11.8. The topological polar surface area (TPSA) is 89.3 Å². The van der Waals surface area contributed by atoms with Gasteiger partial charge in [-0.3, -0.25) is 4.79 Å². The first-order chi connectivity index (χ1) is 9.79. The Hall–Kier alpha value is -2.41. The van der Waals surface area contributed by atoms with Crippen LogP contribution in [0.3, 0.4) is 0 Å². The summed E-state index contributed by atoms with van der Waals surface area (Å²) >= 11 is 0. The molecule has 0 bridgehead atoms. The van der Waals surface area contributed by atoms with E-state index in [-0.39, 0.29) is 12.5 Å². The molecule has 0 saturated heterocycles. The number of nitrogens with one attached hydrogen (secondary N) is 2. The van der Waals surface area contributed by atoms with Crippen molar-refractivity contribution in [3.63, 3.8) is 0 Å². The van der Waals surface area contributed by atoms with E-state index >= 15 is 0 Å². The largest absolute Gasteiger partial charge is 0.406 e. The van der Waals surface area contributed by atoms with Gasteiger partial charge in [-0.25, -0.2) is 0 Å². The third kappa shape index (κ3) is 4.06. The summed E-state index contributed by atoms with van der Waals surface area (Å²) in [6.07, 6.45) is 0. The van der Waals surface area contributed by atoms with Gasteiger partial charge in [0, 0.05) is 19.2 Å². The van der Waals surface area contributed by atoms with Crippen molar-refractivity contribution < 1.29 is 13.9 Å². The van der Waals surface area contributed by atoms with Crippen molar-refractivity contribution in [1.82, 2.24) is 15.5 Å². The Kier molecular flexibility index (Phi) is 5.08. The van der Waals surface area contributed by atoms with Crippen LogP contribution in [0.25, 0.3) is 0 Å². The number of anilines is 1. The molecule has 1 amide bonds. The maximum absolute atomic E-state index is 11.8. The first-order valence-corrected chi connectivity index (χ1v) is 6.18. The zero-order valence-electron chi connectivity index (χ0n) is 11.1. The highest BCUT2D eigenvalue weighted by Crippen LogP contribution is 2.05. The predicted octanol–water partition coefficient (Wildman–Crippen LogP) is 1.06. The van der Waals surface area contributed by atoms with Gasteiger partial charge in [0.1, 0.15) is 0 Å². The molecule has 0 unspecified atom stereocenters. The lowest BCUT2D eigenvalue weighted by Gasteiger charge is -2.01. The molecule has 0 fully saturated rings. The van der Waals surface area contributed by atoms with E-state index in [1.54, 1.807) is 31.4 Å². The molecular formula is C13H16N4O3. The third-order valence-corrected chi connectivity index (χ3v) is 2.49. The summed E-state index contributed by atoms with van der Waals surface area (Å²) in [7, 11) is 1.61. The fourth-order valence-corrected chi connectivity index (χ4v) is 1.50. The molecule has 0 atom stereocenters. The molecule has 2 aromatic rings. The van der Waals surface area contributed by atoms with Crippen LogP contribution in [-0.2, 0) is 11.3 Å². The highest BCUT2D eigenvalue weighted by atomic mass is 16.5. The molecule has 0 radical (unpaired) electrons. The van der Waals surface area contributed by atoms with E-state index in [0.29, 0.717) is 30.6 Å². The lowest BCUT2D eigenvalue weighted by Crippen LogP contribution is -2.22. The van der Waals surface area contributed by atoms with Crippen molar-refractivity contribution in [1.29, 1.82) is 0 Å². The Balaban J connectivity index is 1.81. The van der Waals surface area contributed by atoms with Crippen LogP contribution in [0.4, 0.5) is 6.01 Å². The average molecular weight is 276 g/mol. The Morgan fingerprint density at radius 3 is 2.85 bits per heavy atom. The van der Waals surface area contributed by atoms with Gasteiger partial charge in [-0.15, -0.1) is 5.10 Å². The minimum Gasteiger partial charge on any atom is -0.406 e. The van der Waals surface area contributed by atoms with Crippen molar-refractivity contribution in [2.75, 3.05) is 25.6 Å². The van der Waals surface area contributed by atoms with Crippen molar-refractivity contribution in [2.24, 2.45) is 0 Å². The number of methoxy groups -OCH3 is 1. The Labute approximate surface area is 116 Å². The molecule has 0 saturated carbocycles. The molecule has 0 spiro atoms. The molecule has 2 rings (SSSR count). The second-order valence-corrected chi connectivity index (χ2v) is 3.97. The lowest BCUT2D eigenvalue weighted by molar-refractivity contribution is 0.0947. The quantitative estimate of drug-likeness (QED) is 0.735. The van der Waals surface area contributed by atoms with Crippen LogP contribution in [-0.4, -0.2) is 36.4 Å². The maximum Gasteiger partial charge on any atom is 0.315 e. The van der Waals surface area contributed by atoms with Crippen molar-refractivity contribution in [3.05, 3.63) is 41.8 Å². The lowest BCUT2D eigenvalue weighted by atomic mass is 10.2. The van der Waals surface area contributed by atoms with Crippen LogP contribution in [0.2, 0.25) is 0 Å². The van der Waals surface area contributed by atoms with Crippen LogP contribution >= 0.6 is 0 Å². The fraction of sp³-hybridized carbons (Fsp3) is 0.308. The van der Waals surface area contributed by atoms with E-state index in [4.69, 9.17) is 9.15 Å². The number of nitrogens with zero attached hydrogens (tertiary/aromatic N) is 2. The van der Waals surface area contributed by atoms with Crippen LogP contribution in [0.1, 0.15) is 16.2 Å². The molecule has 1 aromatic carbocycles. The van der Waals surface area contributed by atoms with Crippen LogP contribution in [0.5, 0.6) is 0 Å². The molecule has 0 aliphatic heterocycles. The maximum atomic E-state index is 11.8. The van der Waals surface area contributed by atoms with E-state index in [1.807, 2.05) is 6.07 Å². The zero-order chi connectivity index (χ0) is 14.2. The summed E-state index contributed by atoms with van der Waals surface area (Å²) < 4.78 is 10.2. The third-order valence-electron chi connectivity index (χ3n) is 2.49. The minimum atomic E-state index is -0.183. The molecule has 0 aliphatic carbocycles. The first kappa shape index (κ1) is 14.0. The molecule has 7 heteroatoms. The van der Waals surface area contributed by atoms with Gasteiger partial charge in [-0.05, 0) is 12.1 Å². The molecule has 2 N–H and O–H groups in total. The van der Waals surface area contributed by atoms with E-state index in [1.165, 1.54) is 0 Å². The Morgan fingerprint density at radius 1 is 1.30 bits per heavy atom. The normalized spacial score (nSPS) is 10.2. The number of carbonyl (C=O) groups excluding carboxylic acids is 1. The van der Waals surface area contributed by atoms with E-state index in [9.17, 15) is 4.79 Å². The van der Waals surface area contributed by atoms with E-state index < -0.39 is 0 Å². The minimum absolute atomic E-state index is 0.183. The number of carbonyl (C=O) groups is 1. The highest BCUT2D eigenvalue weighted by Gasteiger charge is 2.08. The first-order valence-electron chi connectivity index (χ1n) is 6.18. The highest BCUT2D eigenvalue weighted by molar-refractivity contribution is 5.93. The van der Waals surface area contributed by atoms with Crippen LogP contribution < -0.4 is 10.6 Å². The van der Waals surface area contributed by atoms with Gasteiger partial charge in [0.15, 0.2) is 0 Å². The van der Waals surface area contributed by atoms with Crippen molar-refractivity contribution in [3.8, 4) is 0 Å².